The third-order valence-electron chi connectivity index (χ3n) is 13.7. The number of phosphoric ester groups is 1. The molecule has 0 spiro atoms. The lowest BCUT2D eigenvalue weighted by atomic mass is 10.1. The lowest BCUT2D eigenvalue weighted by molar-refractivity contribution is -0.161. The van der Waals surface area contributed by atoms with Gasteiger partial charge in [0.05, 0.1) is 13.2 Å². The lowest BCUT2D eigenvalue weighted by Gasteiger charge is -2.19. The fraction of sp³-hybridized carbons (Fsp3) is 0.544. The van der Waals surface area contributed by atoms with Gasteiger partial charge in [-0.25, -0.2) is 4.57 Å². The Morgan fingerprint density at radius 1 is 0.337 bits per heavy atom. The minimum absolute atomic E-state index is 0.0386. The van der Waals surface area contributed by atoms with Crippen LogP contribution in [0.4, 0.5) is 0 Å². The zero-order valence-electron chi connectivity index (χ0n) is 55.8. The molecule has 0 rings (SSSR count). The highest BCUT2D eigenvalue weighted by molar-refractivity contribution is 7.47. The second-order valence-corrected chi connectivity index (χ2v) is 23.4. The van der Waals surface area contributed by atoms with Gasteiger partial charge in [-0.15, -0.1) is 0 Å². The number of nitrogens with two attached hydrogens (primary N) is 1. The van der Waals surface area contributed by atoms with Crippen LogP contribution in [0.15, 0.2) is 207 Å². The minimum atomic E-state index is -4.42. The summed E-state index contributed by atoms with van der Waals surface area (Å²) >= 11 is 0. The number of carbonyl (C=O) groups excluding carboxylic acids is 2. The van der Waals surface area contributed by atoms with Crippen LogP contribution in [-0.4, -0.2) is 49.3 Å². The normalized spacial score (nSPS) is 14.2. The third kappa shape index (κ3) is 71.5. The van der Waals surface area contributed by atoms with Crippen LogP contribution < -0.4 is 5.73 Å². The van der Waals surface area contributed by atoms with E-state index in [0.29, 0.717) is 12.8 Å². The largest absolute Gasteiger partial charge is 0.472 e. The second-order valence-electron chi connectivity index (χ2n) is 21.9. The minimum Gasteiger partial charge on any atom is -0.462 e. The van der Waals surface area contributed by atoms with Crippen molar-refractivity contribution in [1.29, 1.82) is 0 Å². The monoisotopic (exact) mass is 1250 g/mol. The SMILES string of the molecule is CC/C=C\C/C=C\C/C=C\C/C=C\C/C=C\C/C=C\C/C=C\C/C=C\C/C=C\C/C=C\CCCCCCCCC(=O)OC(COC(=O)CCCCCCCCCCC/C=C\C/C=C\C/C=C\C/C=C\C/C=C\C/C=C\C/C=C\CC)COP(=O)(O)OCCN. The van der Waals surface area contributed by atoms with Gasteiger partial charge in [-0.3, -0.25) is 18.6 Å². The van der Waals surface area contributed by atoms with Gasteiger partial charge >= 0.3 is 19.8 Å². The van der Waals surface area contributed by atoms with Crippen LogP contribution in [-0.2, 0) is 32.7 Å². The molecule has 0 aliphatic rings. The Labute approximate surface area is 544 Å². The molecule has 0 amide bonds. The molecule has 0 aliphatic carbocycles. The van der Waals surface area contributed by atoms with E-state index in [0.717, 1.165) is 173 Å². The highest BCUT2D eigenvalue weighted by atomic mass is 31.2. The maximum Gasteiger partial charge on any atom is 0.472 e. The molecule has 89 heavy (non-hydrogen) atoms. The second kappa shape index (κ2) is 71.7. The Morgan fingerprint density at radius 3 is 0.865 bits per heavy atom. The molecule has 0 aromatic heterocycles. The fourth-order valence-corrected chi connectivity index (χ4v) is 9.41. The van der Waals surface area contributed by atoms with Crippen LogP contribution >= 0.6 is 7.82 Å². The van der Waals surface area contributed by atoms with Crippen molar-refractivity contribution in [2.24, 2.45) is 5.73 Å². The summed E-state index contributed by atoms with van der Waals surface area (Å²) in [5, 5.41) is 0. The summed E-state index contributed by atoms with van der Waals surface area (Å²) in [5.74, 6) is -0.867. The molecule has 2 atom stereocenters. The Morgan fingerprint density at radius 2 is 0.584 bits per heavy atom. The van der Waals surface area contributed by atoms with Gasteiger partial charge in [-0.05, 0) is 148 Å². The summed E-state index contributed by atoms with van der Waals surface area (Å²) in [6.07, 6.45) is 110. The van der Waals surface area contributed by atoms with Crippen LogP contribution in [0.1, 0.15) is 245 Å². The van der Waals surface area contributed by atoms with Crippen molar-refractivity contribution in [3.8, 4) is 0 Å². The molecule has 0 aromatic rings. The first-order valence-corrected chi connectivity index (χ1v) is 36.1. The van der Waals surface area contributed by atoms with Gasteiger partial charge < -0.3 is 20.1 Å². The molecular weight excluding hydrogens is 1120 g/mol. The zero-order chi connectivity index (χ0) is 64.4. The molecule has 0 saturated carbocycles. The quantitative estimate of drug-likeness (QED) is 0.0264. The number of esters is 2. The van der Waals surface area contributed by atoms with Gasteiger partial charge in [0.15, 0.2) is 6.10 Å². The van der Waals surface area contributed by atoms with Gasteiger partial charge in [0, 0.05) is 19.4 Å². The lowest BCUT2D eigenvalue weighted by Crippen LogP contribution is -2.29. The smallest absolute Gasteiger partial charge is 0.462 e. The summed E-state index contributed by atoms with van der Waals surface area (Å²) in [7, 11) is -4.42. The first-order valence-electron chi connectivity index (χ1n) is 34.6. The van der Waals surface area contributed by atoms with Crippen molar-refractivity contribution in [2.75, 3.05) is 26.4 Å². The van der Waals surface area contributed by atoms with Crippen LogP contribution in [0.2, 0.25) is 0 Å². The molecule has 0 radical (unpaired) electrons. The van der Waals surface area contributed by atoms with Gasteiger partial charge in [0.2, 0.25) is 0 Å². The number of unbranched alkanes of at least 4 members (excludes halogenated alkanes) is 15. The van der Waals surface area contributed by atoms with E-state index in [2.05, 4.69) is 220 Å². The van der Waals surface area contributed by atoms with Crippen LogP contribution in [0.25, 0.3) is 0 Å². The Balaban J connectivity index is 4.05. The van der Waals surface area contributed by atoms with E-state index in [9.17, 15) is 19.0 Å². The highest BCUT2D eigenvalue weighted by Crippen LogP contribution is 2.43. The van der Waals surface area contributed by atoms with Crippen LogP contribution in [0.5, 0.6) is 0 Å². The van der Waals surface area contributed by atoms with Crippen molar-refractivity contribution in [3.63, 3.8) is 0 Å². The topological polar surface area (TPSA) is 134 Å². The first-order chi connectivity index (χ1) is 43.8. The molecule has 0 saturated heterocycles. The molecule has 0 aliphatic heterocycles. The van der Waals surface area contributed by atoms with Crippen LogP contribution in [0.3, 0.4) is 0 Å². The van der Waals surface area contributed by atoms with Crippen molar-refractivity contribution in [3.05, 3.63) is 207 Å². The maximum absolute atomic E-state index is 12.8. The van der Waals surface area contributed by atoms with E-state index in [4.69, 9.17) is 24.3 Å². The van der Waals surface area contributed by atoms with E-state index >= 15 is 0 Å². The predicted octanol–water partition coefficient (Wildman–Crippen LogP) is 23.1. The Hall–Kier alpha value is -5.41. The maximum atomic E-state index is 12.8. The van der Waals surface area contributed by atoms with E-state index < -0.39 is 32.5 Å². The fourth-order valence-electron chi connectivity index (χ4n) is 8.64. The number of rotatable bonds is 62. The molecule has 0 heterocycles. The highest BCUT2D eigenvalue weighted by Gasteiger charge is 2.26. The first kappa shape index (κ1) is 83.6. The van der Waals surface area contributed by atoms with Gasteiger partial charge in [0.25, 0.3) is 0 Å². The van der Waals surface area contributed by atoms with Crippen molar-refractivity contribution in [1.82, 2.24) is 0 Å². The molecule has 0 bridgehead atoms. The Bertz CT molecular complexity index is 2210. The molecule has 0 aromatic carbocycles. The number of ether oxygens (including phenoxy) is 2. The van der Waals surface area contributed by atoms with E-state index in [-0.39, 0.29) is 32.6 Å². The summed E-state index contributed by atoms with van der Waals surface area (Å²) in [6, 6.07) is 0. The van der Waals surface area contributed by atoms with Gasteiger partial charge in [0.1, 0.15) is 6.61 Å². The average molecular weight is 1250 g/mol. The van der Waals surface area contributed by atoms with E-state index in [1.54, 1.807) is 0 Å². The molecule has 3 N–H and O–H groups in total. The molecule has 2 unspecified atom stereocenters. The number of hydrogen-bond donors (Lipinski definition) is 2. The van der Waals surface area contributed by atoms with Crippen molar-refractivity contribution >= 4 is 19.8 Å². The molecular formula is C79H124NO8P. The zero-order valence-corrected chi connectivity index (χ0v) is 56.7. The number of carbonyl (C=O) groups is 2. The number of allylic oxidation sites excluding steroid dienone is 34. The summed E-state index contributed by atoms with van der Waals surface area (Å²) < 4.78 is 33.1. The van der Waals surface area contributed by atoms with E-state index in [1.807, 2.05) is 0 Å². The van der Waals surface area contributed by atoms with Gasteiger partial charge in [-0.2, -0.15) is 0 Å². The standard InChI is InChI=1S/C79H124NO8P/c1-3-5-7-9-11-13-15-17-19-21-23-25-27-29-31-33-35-36-37-38-39-40-42-44-46-48-50-52-54-56-58-60-62-64-66-68-70-72-79(82)88-77(76-87-89(83,84)86-74-73-80)75-85-78(81)71-69-67-65-63-61-59-57-55-53-51-49-47-45-43-41-34-32-30-28-26-24-22-20-18-16-14-12-10-8-6-4-2/h5-8,11-14,17-20,23-26,29-32,35-36,38-39,41-44,47-50,54,56,77H,3-4,9-10,15-16,21-22,27-28,33-34,37,40,45-46,51-53,55,57-76,80H2,1-2H3,(H,83,84)/b7-5-,8-6-,13-11-,14-12-,19-17-,20-18-,25-23-,26-24-,31-29-,32-30-,36-35-,39-38-,43-41-,44-42-,49-47-,50-48-,56-54-. The van der Waals surface area contributed by atoms with E-state index in [1.165, 1.54) is 32.1 Å². The molecule has 9 nitrogen and oxygen atoms in total. The van der Waals surface area contributed by atoms with Crippen LogP contribution in [0, 0.1) is 0 Å². The predicted molar refractivity (Wildman–Crippen MR) is 385 cm³/mol. The average Bonchev–Trinajstić information content (AvgIpc) is 3.68. The van der Waals surface area contributed by atoms with Crippen molar-refractivity contribution < 1.29 is 37.6 Å². The summed E-state index contributed by atoms with van der Waals surface area (Å²) in [4.78, 5) is 35.4. The number of hydrogen-bond acceptors (Lipinski definition) is 8. The van der Waals surface area contributed by atoms with Crippen molar-refractivity contribution in [2.45, 2.75) is 251 Å². The summed E-state index contributed by atoms with van der Waals surface area (Å²) in [6.45, 7) is 3.47. The Kier molecular flexibility index (Phi) is 67.3. The summed E-state index contributed by atoms with van der Waals surface area (Å²) in [5.41, 5.74) is 5.40. The third-order valence-corrected chi connectivity index (χ3v) is 14.6. The number of phosphoric acid groups is 1. The molecule has 10 heteroatoms. The van der Waals surface area contributed by atoms with Gasteiger partial charge in [-0.1, -0.05) is 291 Å². The molecule has 498 valence electrons. The molecule has 0 fully saturated rings.